The van der Waals surface area contributed by atoms with Crippen LogP contribution in [0.3, 0.4) is 0 Å². The van der Waals surface area contributed by atoms with E-state index in [0.29, 0.717) is 0 Å². The van der Waals surface area contributed by atoms with E-state index >= 15 is 0 Å². The van der Waals surface area contributed by atoms with E-state index in [2.05, 4.69) is 4.98 Å². The molecule has 0 spiro atoms. The molecule has 1 rings (SSSR count). The molecule has 1 unspecified atom stereocenters. The summed E-state index contributed by atoms with van der Waals surface area (Å²) < 4.78 is 0. The molecule has 0 radical (unpaired) electrons. The van der Waals surface area contributed by atoms with Gasteiger partial charge in [-0.25, -0.2) is 0 Å². The molecule has 0 aliphatic rings. The highest BCUT2D eigenvalue weighted by Gasteiger charge is 2.29. The second-order valence-electron chi connectivity index (χ2n) is 4.70. The Morgan fingerprint density at radius 1 is 1.56 bits per heavy atom. The van der Waals surface area contributed by atoms with E-state index in [4.69, 9.17) is 10.8 Å². The molecule has 0 saturated carbocycles. The molecule has 0 fully saturated rings. The molecule has 4 heteroatoms. The molecule has 88 valence electrons. The minimum Gasteiger partial charge on any atom is -0.481 e. The van der Waals surface area contributed by atoms with Gasteiger partial charge in [-0.1, -0.05) is 6.07 Å². The van der Waals surface area contributed by atoms with Crippen LogP contribution in [0.2, 0.25) is 0 Å². The lowest BCUT2D eigenvalue weighted by Gasteiger charge is -2.29. The zero-order chi connectivity index (χ0) is 12.3. The van der Waals surface area contributed by atoms with E-state index in [1.807, 2.05) is 32.9 Å². The van der Waals surface area contributed by atoms with Crippen LogP contribution in [-0.4, -0.2) is 21.6 Å². The lowest BCUT2D eigenvalue weighted by atomic mass is 9.81. The predicted octanol–water partition coefficient (Wildman–Crippen LogP) is 1.69. The first kappa shape index (κ1) is 12.6. The van der Waals surface area contributed by atoms with Crippen molar-refractivity contribution in [1.29, 1.82) is 0 Å². The van der Waals surface area contributed by atoms with Crippen molar-refractivity contribution in [1.82, 2.24) is 4.98 Å². The highest BCUT2D eigenvalue weighted by molar-refractivity contribution is 5.68. The molecule has 3 N–H and O–H groups in total. The fraction of sp³-hybridized carbons (Fsp3) is 0.500. The van der Waals surface area contributed by atoms with E-state index in [0.717, 1.165) is 11.3 Å². The quantitative estimate of drug-likeness (QED) is 0.812. The number of nitrogens with two attached hydrogens (primary N) is 1. The van der Waals surface area contributed by atoms with Gasteiger partial charge < -0.3 is 10.8 Å². The topological polar surface area (TPSA) is 76.2 Å². The normalized spacial score (nSPS) is 13.5. The van der Waals surface area contributed by atoms with Gasteiger partial charge in [-0.3, -0.25) is 9.78 Å². The molecule has 0 aromatic carbocycles. The second-order valence-corrected chi connectivity index (χ2v) is 4.70. The van der Waals surface area contributed by atoms with Crippen LogP contribution in [0.25, 0.3) is 0 Å². The molecule has 1 aromatic rings. The molecule has 4 nitrogen and oxygen atoms in total. The molecule has 0 amide bonds. The van der Waals surface area contributed by atoms with Gasteiger partial charge in [0.05, 0.1) is 6.42 Å². The minimum absolute atomic E-state index is 0.0221. The zero-order valence-electron chi connectivity index (χ0n) is 9.90. The zero-order valence-corrected chi connectivity index (χ0v) is 9.90. The van der Waals surface area contributed by atoms with Crippen molar-refractivity contribution in [3.63, 3.8) is 0 Å². The van der Waals surface area contributed by atoms with Gasteiger partial charge in [0.15, 0.2) is 0 Å². The van der Waals surface area contributed by atoms with E-state index in [-0.39, 0.29) is 12.3 Å². The van der Waals surface area contributed by atoms with Crippen LogP contribution >= 0.6 is 0 Å². The first-order valence-corrected chi connectivity index (χ1v) is 5.24. The van der Waals surface area contributed by atoms with Crippen LogP contribution in [0.4, 0.5) is 0 Å². The Morgan fingerprint density at radius 3 is 2.56 bits per heavy atom. The van der Waals surface area contributed by atoms with Gasteiger partial charge >= 0.3 is 5.97 Å². The maximum Gasteiger partial charge on any atom is 0.304 e. The highest BCUT2D eigenvalue weighted by atomic mass is 16.4. The Balaban J connectivity index is 3.01. The smallest absolute Gasteiger partial charge is 0.304 e. The summed E-state index contributed by atoms with van der Waals surface area (Å²) in [6.45, 7) is 5.56. The number of carboxylic acid groups (broad SMARTS) is 1. The third kappa shape index (κ3) is 3.31. The summed E-state index contributed by atoms with van der Waals surface area (Å²) in [7, 11) is 0. The number of nitrogens with zero attached hydrogens (tertiary/aromatic N) is 1. The fourth-order valence-corrected chi connectivity index (χ4v) is 1.67. The molecule has 0 bridgehead atoms. The first-order chi connectivity index (χ1) is 7.30. The standard InChI is InChI=1S/C12H18N2O2/c1-8-4-5-9(7-14-8)10(6-11(15)16)12(2,3)13/h4-5,7,10H,6,13H2,1-3H3,(H,15,16). The van der Waals surface area contributed by atoms with Crippen LogP contribution in [0.1, 0.15) is 37.4 Å². The van der Waals surface area contributed by atoms with Crippen LogP contribution < -0.4 is 5.73 Å². The van der Waals surface area contributed by atoms with Crippen molar-refractivity contribution >= 4 is 5.97 Å². The number of hydrogen-bond donors (Lipinski definition) is 2. The third-order valence-electron chi connectivity index (χ3n) is 2.61. The molecular weight excluding hydrogens is 204 g/mol. The maximum atomic E-state index is 10.8. The number of pyridine rings is 1. The van der Waals surface area contributed by atoms with Crippen LogP contribution in [0.5, 0.6) is 0 Å². The lowest BCUT2D eigenvalue weighted by molar-refractivity contribution is -0.137. The maximum absolute atomic E-state index is 10.8. The van der Waals surface area contributed by atoms with Crippen LogP contribution in [0.15, 0.2) is 18.3 Å². The molecule has 0 aliphatic carbocycles. The Labute approximate surface area is 95.5 Å². The largest absolute Gasteiger partial charge is 0.481 e. The van der Waals surface area contributed by atoms with Crippen LogP contribution in [-0.2, 0) is 4.79 Å². The molecular formula is C12H18N2O2. The van der Waals surface area contributed by atoms with Crippen molar-refractivity contribution in [2.24, 2.45) is 5.73 Å². The number of rotatable bonds is 4. The lowest BCUT2D eigenvalue weighted by Crippen LogP contribution is -2.40. The molecule has 16 heavy (non-hydrogen) atoms. The van der Waals surface area contributed by atoms with Crippen molar-refractivity contribution in [2.45, 2.75) is 38.6 Å². The Hall–Kier alpha value is -1.42. The minimum atomic E-state index is -0.843. The first-order valence-electron chi connectivity index (χ1n) is 5.24. The van der Waals surface area contributed by atoms with Gasteiger partial charge in [0.2, 0.25) is 0 Å². The fourth-order valence-electron chi connectivity index (χ4n) is 1.67. The van der Waals surface area contributed by atoms with Gasteiger partial charge in [-0.2, -0.15) is 0 Å². The number of carboxylic acids is 1. The van der Waals surface area contributed by atoms with Crippen molar-refractivity contribution in [3.8, 4) is 0 Å². The number of carbonyl (C=O) groups is 1. The average Bonchev–Trinajstić information content (AvgIpc) is 2.14. The summed E-state index contributed by atoms with van der Waals surface area (Å²) in [6.07, 6.45) is 1.73. The highest BCUT2D eigenvalue weighted by Crippen LogP contribution is 2.29. The van der Waals surface area contributed by atoms with Crippen molar-refractivity contribution in [2.75, 3.05) is 0 Å². The number of aryl methyl sites for hydroxylation is 1. The average molecular weight is 222 g/mol. The summed E-state index contributed by atoms with van der Waals surface area (Å²) in [6, 6.07) is 3.76. The summed E-state index contributed by atoms with van der Waals surface area (Å²) in [5, 5.41) is 8.89. The summed E-state index contributed by atoms with van der Waals surface area (Å²) in [4.78, 5) is 15.0. The molecule has 1 aromatic heterocycles. The predicted molar refractivity (Wildman–Crippen MR) is 62.2 cm³/mol. The number of hydrogen-bond acceptors (Lipinski definition) is 3. The molecule has 0 aliphatic heterocycles. The van der Waals surface area contributed by atoms with Crippen LogP contribution in [0, 0.1) is 6.92 Å². The number of aromatic nitrogens is 1. The summed E-state index contributed by atoms with van der Waals surface area (Å²) >= 11 is 0. The monoisotopic (exact) mass is 222 g/mol. The summed E-state index contributed by atoms with van der Waals surface area (Å²) in [5.74, 6) is -1.07. The SMILES string of the molecule is Cc1ccc(C(CC(=O)O)C(C)(C)N)cn1. The molecule has 1 heterocycles. The van der Waals surface area contributed by atoms with E-state index in [1.54, 1.807) is 6.20 Å². The second kappa shape index (κ2) is 4.61. The Bertz CT molecular complexity index is 366. The van der Waals surface area contributed by atoms with Gasteiger partial charge in [-0.05, 0) is 32.4 Å². The van der Waals surface area contributed by atoms with E-state index in [9.17, 15) is 4.79 Å². The Morgan fingerprint density at radius 2 is 2.19 bits per heavy atom. The van der Waals surface area contributed by atoms with Gasteiger partial charge in [-0.15, -0.1) is 0 Å². The number of aliphatic carboxylic acids is 1. The van der Waals surface area contributed by atoms with Crippen molar-refractivity contribution < 1.29 is 9.90 Å². The Kier molecular flexibility index (Phi) is 3.65. The van der Waals surface area contributed by atoms with Crippen molar-refractivity contribution in [3.05, 3.63) is 29.6 Å². The summed E-state index contributed by atoms with van der Waals surface area (Å²) in [5.41, 5.74) is 7.22. The van der Waals surface area contributed by atoms with Gasteiger partial charge in [0.1, 0.15) is 0 Å². The van der Waals surface area contributed by atoms with Gasteiger partial charge in [0, 0.05) is 23.3 Å². The van der Waals surface area contributed by atoms with Gasteiger partial charge in [0.25, 0.3) is 0 Å². The third-order valence-corrected chi connectivity index (χ3v) is 2.61. The molecule has 0 saturated heterocycles. The van der Waals surface area contributed by atoms with E-state index in [1.165, 1.54) is 0 Å². The molecule has 1 atom stereocenters. The van der Waals surface area contributed by atoms with E-state index < -0.39 is 11.5 Å².